The second kappa shape index (κ2) is 7.11. The molecular weight excluding hydrogens is 414 g/mol. The normalized spacial score (nSPS) is 15.6. The fourth-order valence-corrected chi connectivity index (χ4v) is 4.09. The van der Waals surface area contributed by atoms with Crippen molar-refractivity contribution in [3.8, 4) is 28.1 Å². The summed E-state index contributed by atoms with van der Waals surface area (Å²) in [5.74, 6) is 4.08. The van der Waals surface area contributed by atoms with Gasteiger partial charge in [0.2, 0.25) is 0 Å². The van der Waals surface area contributed by atoms with Crippen LogP contribution >= 0.6 is 0 Å². The summed E-state index contributed by atoms with van der Waals surface area (Å²) in [6, 6.07) is 6.49. The van der Waals surface area contributed by atoms with Crippen molar-refractivity contribution in [3.63, 3.8) is 0 Å². The molecule has 9 heteroatoms. The highest BCUT2D eigenvalue weighted by molar-refractivity contribution is 6.08. The van der Waals surface area contributed by atoms with Gasteiger partial charge in [0, 0.05) is 35.5 Å². The number of hydrogen-bond acceptors (Lipinski definition) is 4. The Morgan fingerprint density at radius 2 is 1.74 bits per heavy atom. The minimum atomic E-state index is -5.06. The second-order valence-electron chi connectivity index (χ2n) is 8.29. The molecule has 0 atom stereocenters. The van der Waals surface area contributed by atoms with E-state index >= 15 is 0 Å². The minimum absolute atomic E-state index is 0.177. The van der Waals surface area contributed by atoms with Crippen LogP contribution in [0.1, 0.15) is 36.3 Å². The summed E-state index contributed by atoms with van der Waals surface area (Å²) in [6.45, 7) is 3.89. The Labute approximate surface area is 175 Å². The number of rotatable bonds is 3. The molecule has 5 nitrogen and oxygen atoms in total. The highest BCUT2D eigenvalue weighted by Crippen LogP contribution is 2.45. The molecular formula is C22H19F4N3O2. The van der Waals surface area contributed by atoms with Crippen LogP contribution in [0, 0.1) is 11.2 Å². The van der Waals surface area contributed by atoms with Crippen molar-refractivity contribution in [1.82, 2.24) is 9.66 Å². The second-order valence-corrected chi connectivity index (χ2v) is 8.29. The van der Waals surface area contributed by atoms with Gasteiger partial charge in [-0.3, -0.25) is 14.5 Å². The van der Waals surface area contributed by atoms with Gasteiger partial charge in [0.05, 0.1) is 11.4 Å². The Balaban J connectivity index is 2.01. The maximum Gasteiger partial charge on any atom is 0.573 e. The molecule has 162 valence electrons. The van der Waals surface area contributed by atoms with Gasteiger partial charge in [-0.1, -0.05) is 19.9 Å². The fraction of sp³-hybridized carbons (Fsp3) is 0.273. The Kier molecular flexibility index (Phi) is 4.79. The van der Waals surface area contributed by atoms with Gasteiger partial charge >= 0.3 is 6.36 Å². The molecule has 0 radical (unpaired) electrons. The lowest BCUT2D eigenvalue weighted by molar-refractivity contribution is -0.275. The maximum atomic E-state index is 14.0. The zero-order valence-electron chi connectivity index (χ0n) is 16.8. The molecule has 0 bridgehead atoms. The van der Waals surface area contributed by atoms with Crippen LogP contribution in [0.25, 0.3) is 22.4 Å². The number of ether oxygens (including phenoxy) is 1. The standard InChI is InChI=1S/C22H19F4N3O2/c1-21(2)10-15-19(16(30)11-21)18(20(29(15)27)12-5-7-28-8-6-12)13-3-4-14(23)17(9-13)31-22(24,25)26/h3-9H,10-11,27H2,1-2H3. The first-order valence-electron chi connectivity index (χ1n) is 9.49. The first kappa shape index (κ1) is 20.9. The average molecular weight is 433 g/mol. The number of nitrogen functional groups attached to an aromatic ring is 1. The number of nitrogens with zero attached hydrogens (tertiary/aromatic N) is 2. The maximum absolute atomic E-state index is 14.0. The van der Waals surface area contributed by atoms with Gasteiger partial charge < -0.3 is 10.6 Å². The molecule has 0 aliphatic heterocycles. The molecule has 0 fully saturated rings. The number of alkyl halides is 3. The van der Waals surface area contributed by atoms with E-state index in [-0.39, 0.29) is 23.2 Å². The molecule has 1 aliphatic carbocycles. The van der Waals surface area contributed by atoms with Gasteiger partial charge in [-0.2, -0.15) is 0 Å². The van der Waals surface area contributed by atoms with Crippen LogP contribution in [-0.2, 0) is 6.42 Å². The van der Waals surface area contributed by atoms with Crippen molar-refractivity contribution in [2.24, 2.45) is 5.41 Å². The third-order valence-corrected chi connectivity index (χ3v) is 5.27. The summed E-state index contributed by atoms with van der Waals surface area (Å²) in [5.41, 5.74) is 2.17. The van der Waals surface area contributed by atoms with E-state index in [4.69, 9.17) is 5.84 Å². The summed E-state index contributed by atoms with van der Waals surface area (Å²) >= 11 is 0. The molecule has 3 aromatic rings. The average Bonchev–Trinajstić information content (AvgIpc) is 2.95. The van der Waals surface area contributed by atoms with E-state index in [9.17, 15) is 22.4 Å². The highest BCUT2D eigenvalue weighted by Gasteiger charge is 2.38. The Morgan fingerprint density at radius 1 is 1.06 bits per heavy atom. The Hall–Kier alpha value is -3.36. The van der Waals surface area contributed by atoms with Gasteiger partial charge in [0.15, 0.2) is 17.3 Å². The number of Topliss-reactive ketones (excluding diaryl/α,β-unsaturated/α-hetero) is 1. The van der Waals surface area contributed by atoms with E-state index < -0.39 is 17.9 Å². The number of aromatic nitrogens is 2. The molecule has 0 spiro atoms. The van der Waals surface area contributed by atoms with Crippen molar-refractivity contribution in [2.75, 3.05) is 5.84 Å². The topological polar surface area (TPSA) is 70.1 Å². The summed E-state index contributed by atoms with van der Waals surface area (Å²) < 4.78 is 57.5. The van der Waals surface area contributed by atoms with Gasteiger partial charge in [-0.05, 0) is 41.7 Å². The van der Waals surface area contributed by atoms with E-state index in [1.165, 1.54) is 10.7 Å². The molecule has 1 aromatic carbocycles. The Morgan fingerprint density at radius 3 is 2.39 bits per heavy atom. The molecule has 0 saturated carbocycles. The predicted octanol–water partition coefficient (Wildman–Crippen LogP) is 5.12. The molecule has 0 amide bonds. The lowest BCUT2D eigenvalue weighted by atomic mass is 9.75. The first-order chi connectivity index (χ1) is 14.5. The fourth-order valence-electron chi connectivity index (χ4n) is 4.09. The first-order valence-corrected chi connectivity index (χ1v) is 9.49. The summed E-state index contributed by atoms with van der Waals surface area (Å²) in [5, 5.41) is 0. The van der Waals surface area contributed by atoms with Crippen LogP contribution in [0.3, 0.4) is 0 Å². The van der Waals surface area contributed by atoms with Gasteiger partial charge in [0.25, 0.3) is 0 Å². The zero-order valence-corrected chi connectivity index (χ0v) is 16.8. The van der Waals surface area contributed by atoms with Crippen LogP contribution in [0.15, 0.2) is 42.7 Å². The number of pyridine rings is 1. The van der Waals surface area contributed by atoms with Gasteiger partial charge in [-0.25, -0.2) is 4.39 Å². The van der Waals surface area contributed by atoms with Crippen molar-refractivity contribution in [2.45, 2.75) is 33.1 Å². The van der Waals surface area contributed by atoms with Crippen LogP contribution in [0.4, 0.5) is 17.6 Å². The zero-order chi connectivity index (χ0) is 22.6. The lowest BCUT2D eigenvalue weighted by Crippen LogP contribution is -2.29. The van der Waals surface area contributed by atoms with E-state index in [1.807, 2.05) is 13.8 Å². The van der Waals surface area contributed by atoms with Gasteiger partial charge in [0.1, 0.15) is 0 Å². The van der Waals surface area contributed by atoms with Crippen LogP contribution in [0.5, 0.6) is 5.75 Å². The smallest absolute Gasteiger partial charge is 0.403 e. The number of carbonyl (C=O) groups is 1. The number of benzene rings is 1. The van der Waals surface area contributed by atoms with E-state index in [0.717, 1.165) is 12.1 Å². The predicted molar refractivity (Wildman–Crippen MR) is 106 cm³/mol. The number of carbonyl (C=O) groups excluding carboxylic acids is 1. The minimum Gasteiger partial charge on any atom is -0.403 e. The lowest BCUT2D eigenvalue weighted by Gasteiger charge is -2.29. The van der Waals surface area contributed by atoms with Crippen molar-refractivity contribution in [3.05, 3.63) is 59.8 Å². The number of ketones is 1. The molecule has 2 aromatic heterocycles. The van der Waals surface area contributed by atoms with Crippen molar-refractivity contribution in [1.29, 1.82) is 0 Å². The van der Waals surface area contributed by atoms with E-state index in [2.05, 4.69) is 9.72 Å². The molecule has 0 unspecified atom stereocenters. The van der Waals surface area contributed by atoms with Crippen LogP contribution in [0.2, 0.25) is 0 Å². The molecule has 2 N–H and O–H groups in total. The summed E-state index contributed by atoms with van der Waals surface area (Å²) in [6.07, 6.45) is -1.23. The molecule has 31 heavy (non-hydrogen) atoms. The van der Waals surface area contributed by atoms with Gasteiger partial charge in [-0.15, -0.1) is 13.2 Å². The molecule has 4 rings (SSSR count). The number of hydrogen-bond donors (Lipinski definition) is 1. The number of nitrogens with two attached hydrogens (primary N) is 1. The van der Waals surface area contributed by atoms with Crippen LogP contribution in [-0.4, -0.2) is 21.8 Å². The number of fused-ring (bicyclic) bond motifs is 1. The van der Waals surface area contributed by atoms with Crippen LogP contribution < -0.4 is 10.6 Å². The monoisotopic (exact) mass is 433 g/mol. The SMILES string of the molecule is CC1(C)CC(=O)c2c(-c3ccc(F)c(OC(F)(F)F)c3)c(-c3ccncc3)n(N)c2C1. The number of halogens is 4. The van der Waals surface area contributed by atoms with E-state index in [0.29, 0.717) is 34.5 Å². The summed E-state index contributed by atoms with van der Waals surface area (Å²) in [4.78, 5) is 17.1. The molecule has 0 saturated heterocycles. The van der Waals surface area contributed by atoms with Crippen molar-refractivity contribution >= 4 is 5.78 Å². The summed E-state index contributed by atoms with van der Waals surface area (Å²) in [7, 11) is 0. The van der Waals surface area contributed by atoms with E-state index in [1.54, 1.807) is 24.5 Å². The third-order valence-electron chi connectivity index (χ3n) is 5.27. The quantitative estimate of drug-likeness (QED) is 0.460. The molecule has 2 heterocycles. The molecule has 1 aliphatic rings. The highest BCUT2D eigenvalue weighted by atomic mass is 19.4. The largest absolute Gasteiger partial charge is 0.573 e. The van der Waals surface area contributed by atoms with Crippen molar-refractivity contribution < 1.29 is 27.1 Å². The Bertz CT molecular complexity index is 1170. The third kappa shape index (κ3) is 3.87.